The maximum absolute atomic E-state index is 6.58. The maximum atomic E-state index is 6.58. The molecule has 44 heavy (non-hydrogen) atoms. The standard InChI is InChI=1S/C40H35BrN2O/c1-28-8-16-33(17-9-28)42(34-18-10-29(2)11-19-34)37-25-38(27-40(26-37)44-39-7-5-6-32(41)24-39)43(35-20-12-30(3)13-21-35)36-22-14-31(4)15-23-36/h5-27H,1-4H3. The number of nitrogens with zero attached hydrogens (tertiary/aromatic N) is 2. The highest BCUT2D eigenvalue weighted by Gasteiger charge is 2.20. The maximum Gasteiger partial charge on any atom is 0.131 e. The third-order valence-electron chi connectivity index (χ3n) is 7.59. The van der Waals surface area contributed by atoms with E-state index in [1.54, 1.807) is 0 Å². The Morgan fingerprint density at radius 2 is 0.750 bits per heavy atom. The molecule has 0 N–H and O–H groups in total. The lowest BCUT2D eigenvalue weighted by atomic mass is 10.1. The van der Waals surface area contributed by atoms with Crippen LogP contribution in [-0.2, 0) is 0 Å². The average molecular weight is 640 g/mol. The minimum absolute atomic E-state index is 0.740. The van der Waals surface area contributed by atoms with E-state index in [1.165, 1.54) is 22.3 Å². The monoisotopic (exact) mass is 638 g/mol. The van der Waals surface area contributed by atoms with Crippen molar-refractivity contribution in [2.24, 2.45) is 0 Å². The van der Waals surface area contributed by atoms with Crippen molar-refractivity contribution in [3.8, 4) is 11.5 Å². The molecule has 6 aromatic rings. The molecule has 0 bridgehead atoms. The second kappa shape index (κ2) is 12.8. The van der Waals surface area contributed by atoms with Crippen LogP contribution in [0.2, 0.25) is 0 Å². The number of aryl methyl sites for hydroxylation is 4. The van der Waals surface area contributed by atoms with Crippen molar-refractivity contribution < 1.29 is 4.74 Å². The highest BCUT2D eigenvalue weighted by Crippen LogP contribution is 2.43. The van der Waals surface area contributed by atoms with Crippen LogP contribution in [0, 0.1) is 27.7 Å². The number of halogens is 1. The molecule has 0 saturated carbocycles. The first-order valence-electron chi connectivity index (χ1n) is 14.8. The van der Waals surface area contributed by atoms with Gasteiger partial charge >= 0.3 is 0 Å². The van der Waals surface area contributed by atoms with Crippen molar-refractivity contribution >= 4 is 50.1 Å². The Labute approximate surface area is 269 Å². The summed E-state index contributed by atoms with van der Waals surface area (Å²) in [5, 5.41) is 0. The van der Waals surface area contributed by atoms with E-state index in [0.29, 0.717) is 0 Å². The highest BCUT2D eigenvalue weighted by atomic mass is 79.9. The molecule has 0 unspecified atom stereocenters. The van der Waals surface area contributed by atoms with Gasteiger partial charge in [-0.05, 0) is 100 Å². The summed E-state index contributed by atoms with van der Waals surface area (Å²) >= 11 is 3.60. The van der Waals surface area contributed by atoms with E-state index in [9.17, 15) is 0 Å². The minimum atomic E-state index is 0.740. The largest absolute Gasteiger partial charge is 0.457 e. The van der Waals surface area contributed by atoms with Crippen LogP contribution in [0.3, 0.4) is 0 Å². The Kier molecular flexibility index (Phi) is 8.53. The van der Waals surface area contributed by atoms with Crippen molar-refractivity contribution in [3.05, 3.63) is 166 Å². The molecular formula is C40H35BrN2O. The van der Waals surface area contributed by atoms with Crippen LogP contribution >= 0.6 is 15.9 Å². The molecule has 0 fully saturated rings. The number of anilines is 6. The van der Waals surface area contributed by atoms with Crippen molar-refractivity contribution in [1.82, 2.24) is 0 Å². The molecular weight excluding hydrogens is 604 g/mol. The van der Waals surface area contributed by atoms with Gasteiger partial charge < -0.3 is 14.5 Å². The average Bonchev–Trinajstić information content (AvgIpc) is 3.01. The molecule has 0 saturated heterocycles. The lowest BCUT2D eigenvalue weighted by molar-refractivity contribution is 0.482. The van der Waals surface area contributed by atoms with Gasteiger partial charge in [-0.2, -0.15) is 0 Å². The quantitative estimate of drug-likeness (QED) is 0.165. The molecule has 6 aromatic carbocycles. The van der Waals surface area contributed by atoms with Gasteiger partial charge in [-0.25, -0.2) is 0 Å². The molecule has 4 heteroatoms. The van der Waals surface area contributed by atoms with Gasteiger partial charge in [0, 0.05) is 39.4 Å². The first-order valence-corrected chi connectivity index (χ1v) is 15.6. The second-order valence-corrected chi connectivity index (χ2v) is 12.2. The van der Waals surface area contributed by atoms with Crippen molar-refractivity contribution in [3.63, 3.8) is 0 Å². The van der Waals surface area contributed by atoms with Gasteiger partial charge in [-0.1, -0.05) is 92.8 Å². The lowest BCUT2D eigenvalue weighted by Gasteiger charge is -2.30. The molecule has 0 atom stereocenters. The van der Waals surface area contributed by atoms with Crippen LogP contribution in [0.4, 0.5) is 34.1 Å². The van der Waals surface area contributed by atoms with Crippen molar-refractivity contribution in [2.75, 3.05) is 9.80 Å². The number of hydrogen-bond acceptors (Lipinski definition) is 3. The zero-order valence-electron chi connectivity index (χ0n) is 25.5. The first kappa shape index (κ1) is 29.3. The predicted octanol–water partition coefficient (Wildman–Crippen LogP) is 12.4. The van der Waals surface area contributed by atoms with Crippen LogP contribution in [-0.4, -0.2) is 0 Å². The van der Waals surface area contributed by atoms with Crippen LogP contribution in [0.15, 0.2) is 144 Å². The zero-order chi connectivity index (χ0) is 30.6. The summed E-state index contributed by atoms with van der Waals surface area (Å²) in [7, 11) is 0. The smallest absolute Gasteiger partial charge is 0.131 e. The van der Waals surface area contributed by atoms with Crippen LogP contribution in [0.1, 0.15) is 22.3 Å². The van der Waals surface area contributed by atoms with Crippen molar-refractivity contribution in [1.29, 1.82) is 0 Å². The van der Waals surface area contributed by atoms with E-state index >= 15 is 0 Å². The molecule has 218 valence electrons. The van der Waals surface area contributed by atoms with Gasteiger partial charge in [0.1, 0.15) is 11.5 Å². The number of benzene rings is 6. The van der Waals surface area contributed by atoms with Crippen LogP contribution in [0.5, 0.6) is 11.5 Å². The fraction of sp³-hybridized carbons (Fsp3) is 0.100. The van der Waals surface area contributed by atoms with E-state index in [-0.39, 0.29) is 0 Å². The molecule has 0 spiro atoms. The Balaban J connectivity index is 1.58. The van der Waals surface area contributed by atoms with Gasteiger partial charge in [-0.3, -0.25) is 0 Å². The first-order chi connectivity index (χ1) is 21.3. The molecule has 0 radical (unpaired) electrons. The predicted molar refractivity (Wildman–Crippen MR) is 189 cm³/mol. The van der Waals surface area contributed by atoms with Crippen LogP contribution < -0.4 is 14.5 Å². The van der Waals surface area contributed by atoms with Gasteiger partial charge in [0.15, 0.2) is 0 Å². The van der Waals surface area contributed by atoms with E-state index in [2.05, 4.69) is 169 Å². The van der Waals surface area contributed by atoms with Crippen molar-refractivity contribution in [2.45, 2.75) is 27.7 Å². The summed E-state index contributed by atoms with van der Waals surface area (Å²) in [6.45, 7) is 8.47. The Hall–Kier alpha value is -4.80. The van der Waals surface area contributed by atoms with Gasteiger partial charge in [0.2, 0.25) is 0 Å². The third-order valence-corrected chi connectivity index (χ3v) is 8.09. The Bertz CT molecular complexity index is 1660. The topological polar surface area (TPSA) is 15.7 Å². The van der Waals surface area contributed by atoms with E-state index in [0.717, 1.165) is 50.1 Å². The Morgan fingerprint density at radius 3 is 1.09 bits per heavy atom. The highest BCUT2D eigenvalue weighted by molar-refractivity contribution is 9.10. The summed E-state index contributed by atoms with van der Waals surface area (Å²) in [6, 6.07) is 49.1. The van der Waals surface area contributed by atoms with Gasteiger partial charge in [-0.15, -0.1) is 0 Å². The molecule has 0 aliphatic rings. The van der Waals surface area contributed by atoms with E-state index in [1.807, 2.05) is 24.3 Å². The zero-order valence-corrected chi connectivity index (χ0v) is 27.0. The summed E-state index contributed by atoms with van der Waals surface area (Å²) in [4.78, 5) is 4.58. The molecule has 0 aromatic heterocycles. The summed E-state index contributed by atoms with van der Waals surface area (Å²) in [6.07, 6.45) is 0. The molecule has 0 amide bonds. The van der Waals surface area contributed by atoms with Crippen LogP contribution in [0.25, 0.3) is 0 Å². The lowest BCUT2D eigenvalue weighted by Crippen LogP contribution is -2.13. The van der Waals surface area contributed by atoms with E-state index in [4.69, 9.17) is 4.74 Å². The minimum Gasteiger partial charge on any atom is -0.457 e. The molecule has 0 aliphatic carbocycles. The number of rotatable bonds is 8. The normalized spacial score (nSPS) is 10.8. The second-order valence-electron chi connectivity index (χ2n) is 11.3. The fourth-order valence-electron chi connectivity index (χ4n) is 5.22. The fourth-order valence-corrected chi connectivity index (χ4v) is 5.60. The molecule has 0 aliphatic heterocycles. The number of ether oxygens (including phenoxy) is 1. The third kappa shape index (κ3) is 6.72. The van der Waals surface area contributed by atoms with E-state index < -0.39 is 0 Å². The number of hydrogen-bond donors (Lipinski definition) is 0. The van der Waals surface area contributed by atoms with Gasteiger partial charge in [0.25, 0.3) is 0 Å². The molecule has 0 heterocycles. The summed E-state index contributed by atoms with van der Waals surface area (Å²) in [5.74, 6) is 1.50. The molecule has 6 rings (SSSR count). The SMILES string of the molecule is Cc1ccc(N(c2ccc(C)cc2)c2cc(Oc3cccc(Br)c3)cc(N(c3ccc(C)cc3)c3ccc(C)cc3)c2)cc1. The summed E-state index contributed by atoms with van der Waals surface area (Å²) in [5.41, 5.74) is 11.1. The molecule has 3 nitrogen and oxygen atoms in total. The summed E-state index contributed by atoms with van der Waals surface area (Å²) < 4.78 is 7.54. The Morgan fingerprint density at radius 1 is 0.386 bits per heavy atom. The van der Waals surface area contributed by atoms with Gasteiger partial charge in [0.05, 0.1) is 11.4 Å².